The Morgan fingerprint density at radius 3 is 2.88 bits per heavy atom. The third-order valence-corrected chi connectivity index (χ3v) is 3.68. The van der Waals surface area contributed by atoms with E-state index in [-0.39, 0.29) is 0 Å². The Kier molecular flexibility index (Phi) is 4.43. The Morgan fingerprint density at radius 2 is 2.24 bits per heavy atom. The van der Waals surface area contributed by atoms with Gasteiger partial charge in [-0.05, 0) is 49.4 Å². The Hall–Kier alpha value is -1.02. The Labute approximate surface area is 104 Å². The van der Waals surface area contributed by atoms with Crippen molar-refractivity contribution in [2.45, 2.75) is 45.1 Å². The van der Waals surface area contributed by atoms with Gasteiger partial charge in [-0.1, -0.05) is 25.5 Å². The van der Waals surface area contributed by atoms with E-state index in [0.29, 0.717) is 6.04 Å². The molecule has 0 amide bonds. The van der Waals surface area contributed by atoms with Gasteiger partial charge in [0.1, 0.15) is 5.75 Å². The minimum absolute atomic E-state index is 0.654. The van der Waals surface area contributed by atoms with Gasteiger partial charge >= 0.3 is 0 Å². The zero-order valence-corrected chi connectivity index (χ0v) is 11.0. The summed E-state index contributed by atoms with van der Waals surface area (Å²) < 4.78 is 5.45. The van der Waals surface area contributed by atoms with Gasteiger partial charge in [0.15, 0.2) is 0 Å². The van der Waals surface area contributed by atoms with Gasteiger partial charge < -0.3 is 10.1 Å². The molecule has 2 rings (SSSR count). The molecule has 1 aliphatic heterocycles. The molecule has 1 heterocycles. The maximum absolute atomic E-state index is 5.45. The molecule has 1 atom stereocenters. The summed E-state index contributed by atoms with van der Waals surface area (Å²) in [4.78, 5) is 0. The molecule has 0 radical (unpaired) electrons. The fourth-order valence-corrected chi connectivity index (χ4v) is 2.76. The molecule has 1 aliphatic rings. The molecule has 0 saturated carbocycles. The lowest BCUT2D eigenvalue weighted by Gasteiger charge is -2.24. The first-order valence-corrected chi connectivity index (χ1v) is 6.73. The number of rotatable bonds is 4. The SMILES string of the molecule is CCc1c(CC2CCCCN2)cccc1OC. The van der Waals surface area contributed by atoms with Crippen molar-refractivity contribution in [3.8, 4) is 5.75 Å². The Balaban J connectivity index is 2.13. The molecule has 94 valence electrons. The quantitative estimate of drug-likeness (QED) is 0.863. The summed E-state index contributed by atoms with van der Waals surface area (Å²) in [6.07, 6.45) is 6.19. The lowest BCUT2D eigenvalue weighted by atomic mass is 9.93. The van der Waals surface area contributed by atoms with Crippen molar-refractivity contribution in [1.29, 1.82) is 0 Å². The Bertz CT molecular complexity index is 356. The van der Waals surface area contributed by atoms with E-state index in [0.717, 1.165) is 18.6 Å². The molecule has 0 bridgehead atoms. The van der Waals surface area contributed by atoms with Crippen LogP contribution in [0.3, 0.4) is 0 Å². The average molecular weight is 233 g/mol. The minimum Gasteiger partial charge on any atom is -0.496 e. The molecule has 1 fully saturated rings. The maximum Gasteiger partial charge on any atom is 0.122 e. The summed E-state index contributed by atoms with van der Waals surface area (Å²) >= 11 is 0. The zero-order chi connectivity index (χ0) is 12.1. The fourth-order valence-electron chi connectivity index (χ4n) is 2.76. The third-order valence-electron chi connectivity index (χ3n) is 3.68. The molecule has 1 saturated heterocycles. The highest BCUT2D eigenvalue weighted by Crippen LogP contribution is 2.25. The number of hydrogen-bond donors (Lipinski definition) is 1. The summed E-state index contributed by atoms with van der Waals surface area (Å²) in [6, 6.07) is 7.07. The topological polar surface area (TPSA) is 21.3 Å². The van der Waals surface area contributed by atoms with Crippen LogP contribution in [0.5, 0.6) is 5.75 Å². The highest BCUT2D eigenvalue weighted by Gasteiger charge is 2.15. The van der Waals surface area contributed by atoms with E-state index in [1.165, 1.54) is 36.9 Å². The summed E-state index contributed by atoms with van der Waals surface area (Å²) in [5.41, 5.74) is 2.83. The van der Waals surface area contributed by atoms with Crippen molar-refractivity contribution < 1.29 is 4.74 Å². The van der Waals surface area contributed by atoms with Gasteiger partial charge in [-0.15, -0.1) is 0 Å². The third kappa shape index (κ3) is 3.01. The number of nitrogens with one attached hydrogen (secondary N) is 1. The highest BCUT2D eigenvalue weighted by molar-refractivity contribution is 5.40. The van der Waals surface area contributed by atoms with E-state index in [1.54, 1.807) is 7.11 Å². The summed E-state index contributed by atoms with van der Waals surface area (Å²) in [6.45, 7) is 3.38. The number of methoxy groups -OCH3 is 1. The summed E-state index contributed by atoms with van der Waals surface area (Å²) in [5, 5.41) is 3.62. The lowest BCUT2D eigenvalue weighted by molar-refractivity contribution is 0.393. The molecule has 0 spiro atoms. The van der Waals surface area contributed by atoms with Crippen LogP contribution in [0.4, 0.5) is 0 Å². The van der Waals surface area contributed by atoms with Crippen LogP contribution in [0, 0.1) is 0 Å². The van der Waals surface area contributed by atoms with E-state index in [2.05, 4.69) is 30.4 Å². The number of benzene rings is 1. The average Bonchev–Trinajstić information content (AvgIpc) is 2.39. The normalized spacial score (nSPS) is 20.2. The van der Waals surface area contributed by atoms with Crippen LogP contribution in [0.25, 0.3) is 0 Å². The smallest absolute Gasteiger partial charge is 0.122 e. The molecule has 2 heteroatoms. The molecular formula is C15H23NO. The molecular weight excluding hydrogens is 210 g/mol. The second kappa shape index (κ2) is 6.06. The van der Waals surface area contributed by atoms with Gasteiger partial charge in [0.25, 0.3) is 0 Å². The fraction of sp³-hybridized carbons (Fsp3) is 0.600. The summed E-state index contributed by atoms with van der Waals surface area (Å²) in [5.74, 6) is 1.04. The zero-order valence-electron chi connectivity index (χ0n) is 11.0. The first-order chi connectivity index (χ1) is 8.35. The van der Waals surface area contributed by atoms with Crippen LogP contribution < -0.4 is 10.1 Å². The van der Waals surface area contributed by atoms with Crippen LogP contribution in [0.15, 0.2) is 18.2 Å². The van der Waals surface area contributed by atoms with E-state index in [4.69, 9.17) is 4.74 Å². The molecule has 1 aromatic rings. The first-order valence-electron chi connectivity index (χ1n) is 6.73. The van der Waals surface area contributed by atoms with E-state index in [9.17, 15) is 0 Å². The van der Waals surface area contributed by atoms with Crippen molar-refractivity contribution in [3.05, 3.63) is 29.3 Å². The van der Waals surface area contributed by atoms with E-state index < -0.39 is 0 Å². The molecule has 1 unspecified atom stereocenters. The number of hydrogen-bond acceptors (Lipinski definition) is 2. The van der Waals surface area contributed by atoms with Crippen molar-refractivity contribution in [1.82, 2.24) is 5.32 Å². The largest absolute Gasteiger partial charge is 0.496 e. The van der Waals surface area contributed by atoms with Gasteiger partial charge in [0, 0.05) is 6.04 Å². The van der Waals surface area contributed by atoms with Gasteiger partial charge in [-0.3, -0.25) is 0 Å². The standard InChI is InChI=1S/C15H23NO/c1-3-14-12(7-6-9-15(14)17-2)11-13-8-4-5-10-16-13/h6-7,9,13,16H,3-5,8,10-11H2,1-2H3. The number of piperidine rings is 1. The van der Waals surface area contributed by atoms with Gasteiger partial charge in [-0.25, -0.2) is 0 Å². The van der Waals surface area contributed by atoms with E-state index >= 15 is 0 Å². The van der Waals surface area contributed by atoms with E-state index in [1.807, 2.05) is 0 Å². The van der Waals surface area contributed by atoms with Gasteiger partial charge in [-0.2, -0.15) is 0 Å². The van der Waals surface area contributed by atoms with Gasteiger partial charge in [0.2, 0.25) is 0 Å². The molecule has 1 N–H and O–H groups in total. The monoisotopic (exact) mass is 233 g/mol. The maximum atomic E-state index is 5.45. The van der Waals surface area contributed by atoms with Crippen LogP contribution in [0.1, 0.15) is 37.3 Å². The highest BCUT2D eigenvalue weighted by atomic mass is 16.5. The van der Waals surface area contributed by atoms with Gasteiger partial charge in [0.05, 0.1) is 7.11 Å². The molecule has 0 aliphatic carbocycles. The molecule has 2 nitrogen and oxygen atoms in total. The number of ether oxygens (including phenoxy) is 1. The van der Waals surface area contributed by atoms with Crippen molar-refractivity contribution in [2.75, 3.05) is 13.7 Å². The predicted octanol–water partition coefficient (Wildman–Crippen LogP) is 2.94. The second-order valence-electron chi connectivity index (χ2n) is 4.80. The van der Waals surface area contributed by atoms with Crippen LogP contribution in [-0.4, -0.2) is 19.7 Å². The lowest BCUT2D eigenvalue weighted by Crippen LogP contribution is -2.35. The Morgan fingerprint density at radius 1 is 1.35 bits per heavy atom. The molecule has 17 heavy (non-hydrogen) atoms. The van der Waals surface area contributed by atoms with Crippen molar-refractivity contribution >= 4 is 0 Å². The van der Waals surface area contributed by atoms with Crippen LogP contribution in [-0.2, 0) is 12.8 Å². The predicted molar refractivity (Wildman–Crippen MR) is 71.7 cm³/mol. The van der Waals surface area contributed by atoms with Crippen molar-refractivity contribution in [2.24, 2.45) is 0 Å². The molecule has 0 aromatic heterocycles. The minimum atomic E-state index is 0.654. The van der Waals surface area contributed by atoms with Crippen molar-refractivity contribution in [3.63, 3.8) is 0 Å². The first kappa shape index (κ1) is 12.4. The van der Waals surface area contributed by atoms with Crippen LogP contribution >= 0.6 is 0 Å². The summed E-state index contributed by atoms with van der Waals surface area (Å²) in [7, 11) is 1.76. The second-order valence-corrected chi connectivity index (χ2v) is 4.80. The molecule has 1 aromatic carbocycles. The van der Waals surface area contributed by atoms with Crippen LogP contribution in [0.2, 0.25) is 0 Å².